The molecule has 8 nitrogen and oxygen atoms in total. The minimum Gasteiger partial charge on any atom is -0.348 e. The number of non-ortho nitro benzene ring substituents is 1. The maximum atomic E-state index is 12.6. The van der Waals surface area contributed by atoms with Gasteiger partial charge in [-0.3, -0.25) is 29.4 Å². The average Bonchev–Trinajstić information content (AvgIpc) is 2.92. The molecule has 0 unspecified atom stereocenters. The number of fused-ring (bicyclic) bond motifs is 1. The molecule has 1 N–H and O–H groups in total. The van der Waals surface area contributed by atoms with Crippen LogP contribution < -0.4 is 5.32 Å². The van der Waals surface area contributed by atoms with Crippen LogP contribution in [0.15, 0.2) is 48.5 Å². The van der Waals surface area contributed by atoms with Gasteiger partial charge < -0.3 is 5.32 Å². The van der Waals surface area contributed by atoms with Crippen molar-refractivity contribution in [2.45, 2.75) is 26.3 Å². The van der Waals surface area contributed by atoms with E-state index >= 15 is 0 Å². The van der Waals surface area contributed by atoms with Gasteiger partial charge in [0.2, 0.25) is 5.91 Å². The van der Waals surface area contributed by atoms with Crippen LogP contribution >= 0.6 is 0 Å². The number of imide groups is 1. The van der Waals surface area contributed by atoms with Crippen molar-refractivity contribution in [1.82, 2.24) is 10.2 Å². The predicted octanol–water partition coefficient (Wildman–Crippen LogP) is 3.09. The second-order valence-corrected chi connectivity index (χ2v) is 7.34. The summed E-state index contributed by atoms with van der Waals surface area (Å²) in [7, 11) is 0. The van der Waals surface area contributed by atoms with Gasteiger partial charge in [0.25, 0.3) is 17.5 Å². The number of carbonyl (C=O) groups is 3. The lowest BCUT2D eigenvalue weighted by Crippen LogP contribution is -2.41. The number of amides is 3. The number of hydrogen-bond donors (Lipinski definition) is 1. The minimum atomic E-state index is -0.705. The lowest BCUT2D eigenvalue weighted by atomic mass is 9.97. The molecule has 0 saturated carbocycles. The lowest BCUT2D eigenvalue weighted by molar-refractivity contribution is -0.384. The van der Waals surface area contributed by atoms with E-state index in [-0.39, 0.29) is 22.9 Å². The molecular weight excluding hydrogens is 374 g/mol. The van der Waals surface area contributed by atoms with Crippen LogP contribution in [0.2, 0.25) is 0 Å². The summed E-state index contributed by atoms with van der Waals surface area (Å²) < 4.78 is 0. The second kappa shape index (κ2) is 8.22. The van der Waals surface area contributed by atoms with E-state index in [0.29, 0.717) is 12.3 Å². The van der Waals surface area contributed by atoms with Crippen LogP contribution in [0.4, 0.5) is 5.69 Å². The number of nitrogens with one attached hydrogen (secondary N) is 1. The van der Waals surface area contributed by atoms with Crippen molar-refractivity contribution in [3.8, 4) is 0 Å². The third-order valence-electron chi connectivity index (χ3n) is 4.71. The summed E-state index contributed by atoms with van der Waals surface area (Å²) in [5.41, 5.74) is 0.666. The summed E-state index contributed by atoms with van der Waals surface area (Å²) in [5.74, 6) is -1.48. The van der Waals surface area contributed by atoms with E-state index < -0.39 is 29.2 Å². The molecule has 0 spiro atoms. The van der Waals surface area contributed by atoms with Gasteiger partial charge in [-0.2, -0.15) is 0 Å². The molecule has 1 heterocycles. The van der Waals surface area contributed by atoms with Gasteiger partial charge in [-0.05, 0) is 24.0 Å². The highest BCUT2D eigenvalue weighted by Gasteiger charge is 2.38. The zero-order valence-electron chi connectivity index (χ0n) is 16.1. The van der Waals surface area contributed by atoms with Gasteiger partial charge in [-0.15, -0.1) is 0 Å². The highest BCUT2D eigenvalue weighted by Crippen LogP contribution is 2.27. The van der Waals surface area contributed by atoms with Gasteiger partial charge in [0.05, 0.1) is 22.1 Å². The smallest absolute Gasteiger partial charge is 0.270 e. The van der Waals surface area contributed by atoms with E-state index in [1.165, 1.54) is 12.1 Å². The van der Waals surface area contributed by atoms with Crippen LogP contribution in [0.1, 0.15) is 52.6 Å². The first kappa shape index (κ1) is 20.2. The Morgan fingerprint density at radius 2 is 1.72 bits per heavy atom. The normalized spacial score (nSPS) is 14.1. The van der Waals surface area contributed by atoms with Gasteiger partial charge in [-0.25, -0.2) is 0 Å². The standard InChI is InChI=1S/C21H21N3O5/c1-13(2)10-18(14-6-4-3-5-7-14)22-19(25)12-23-20(26)16-9-8-15(24(28)29)11-17(16)21(23)27/h3-9,11,13,18H,10,12H2,1-2H3,(H,22,25)/t18-/m0/s1. The molecule has 2 aromatic carbocycles. The first-order valence-corrected chi connectivity index (χ1v) is 9.27. The average molecular weight is 395 g/mol. The fourth-order valence-electron chi connectivity index (χ4n) is 3.35. The van der Waals surface area contributed by atoms with Crippen LogP contribution in [0.25, 0.3) is 0 Å². The molecular formula is C21H21N3O5. The third kappa shape index (κ3) is 4.31. The highest BCUT2D eigenvalue weighted by molar-refractivity contribution is 6.22. The molecule has 0 saturated heterocycles. The SMILES string of the molecule is CC(C)C[C@H](NC(=O)CN1C(=O)c2ccc([N+](=O)[O-])cc2C1=O)c1ccccc1. The number of carbonyl (C=O) groups excluding carboxylic acids is 3. The van der Waals surface area contributed by atoms with E-state index in [4.69, 9.17) is 0 Å². The van der Waals surface area contributed by atoms with Crippen LogP contribution in [0, 0.1) is 16.0 Å². The number of benzene rings is 2. The number of hydrogen-bond acceptors (Lipinski definition) is 5. The summed E-state index contributed by atoms with van der Waals surface area (Å²) in [6, 6.07) is 12.7. The molecule has 1 aliphatic heterocycles. The van der Waals surface area contributed by atoms with Crippen molar-refractivity contribution in [3.63, 3.8) is 0 Å². The van der Waals surface area contributed by atoms with E-state index in [2.05, 4.69) is 5.32 Å². The number of rotatable bonds is 7. The molecule has 0 fully saturated rings. The van der Waals surface area contributed by atoms with Crippen molar-refractivity contribution in [2.24, 2.45) is 5.92 Å². The number of nitrogens with zero attached hydrogens (tertiary/aromatic N) is 2. The topological polar surface area (TPSA) is 110 Å². The molecule has 3 rings (SSSR count). The molecule has 8 heteroatoms. The highest BCUT2D eigenvalue weighted by atomic mass is 16.6. The third-order valence-corrected chi connectivity index (χ3v) is 4.71. The monoisotopic (exact) mass is 395 g/mol. The Labute approximate surface area is 167 Å². The van der Waals surface area contributed by atoms with Gasteiger partial charge in [0, 0.05) is 12.1 Å². The molecule has 1 aliphatic rings. The second-order valence-electron chi connectivity index (χ2n) is 7.34. The summed E-state index contributed by atoms with van der Waals surface area (Å²) in [6.07, 6.45) is 0.698. The number of nitro groups is 1. The van der Waals surface area contributed by atoms with Crippen LogP contribution in [0.3, 0.4) is 0 Å². The quantitative estimate of drug-likeness (QED) is 0.440. The summed E-state index contributed by atoms with van der Waals surface area (Å²) >= 11 is 0. The number of nitro benzene ring substituents is 1. The molecule has 150 valence electrons. The fraction of sp³-hybridized carbons (Fsp3) is 0.286. The van der Waals surface area contributed by atoms with Crippen LogP contribution in [-0.2, 0) is 4.79 Å². The van der Waals surface area contributed by atoms with E-state index in [0.717, 1.165) is 16.5 Å². The largest absolute Gasteiger partial charge is 0.348 e. The molecule has 0 bridgehead atoms. The Morgan fingerprint density at radius 3 is 2.34 bits per heavy atom. The van der Waals surface area contributed by atoms with E-state index in [1.54, 1.807) is 0 Å². The molecule has 0 aliphatic carbocycles. The maximum Gasteiger partial charge on any atom is 0.270 e. The van der Waals surface area contributed by atoms with Gasteiger partial charge >= 0.3 is 0 Å². The first-order valence-electron chi connectivity index (χ1n) is 9.27. The fourth-order valence-corrected chi connectivity index (χ4v) is 3.35. The summed E-state index contributed by atoms with van der Waals surface area (Å²) in [4.78, 5) is 48.8. The van der Waals surface area contributed by atoms with Crippen molar-refractivity contribution >= 4 is 23.4 Å². The predicted molar refractivity (Wildman–Crippen MR) is 105 cm³/mol. The van der Waals surface area contributed by atoms with Crippen molar-refractivity contribution in [3.05, 3.63) is 75.3 Å². The molecule has 0 radical (unpaired) electrons. The Morgan fingerprint density at radius 1 is 1.07 bits per heavy atom. The van der Waals surface area contributed by atoms with Crippen molar-refractivity contribution in [1.29, 1.82) is 0 Å². The molecule has 3 amide bonds. The van der Waals surface area contributed by atoms with E-state index in [1.807, 2.05) is 44.2 Å². The van der Waals surface area contributed by atoms with Crippen molar-refractivity contribution in [2.75, 3.05) is 6.54 Å². The summed E-state index contributed by atoms with van der Waals surface area (Å²) in [6.45, 7) is 3.64. The minimum absolute atomic E-state index is 0.0567. The van der Waals surface area contributed by atoms with Gasteiger partial charge in [0.15, 0.2) is 0 Å². The molecule has 29 heavy (non-hydrogen) atoms. The first-order chi connectivity index (χ1) is 13.8. The Hall–Kier alpha value is -3.55. The Bertz CT molecular complexity index is 972. The summed E-state index contributed by atoms with van der Waals surface area (Å²) in [5, 5.41) is 13.8. The van der Waals surface area contributed by atoms with Crippen LogP contribution in [0.5, 0.6) is 0 Å². The van der Waals surface area contributed by atoms with E-state index in [9.17, 15) is 24.5 Å². The van der Waals surface area contributed by atoms with Crippen molar-refractivity contribution < 1.29 is 19.3 Å². The molecule has 0 aromatic heterocycles. The maximum absolute atomic E-state index is 12.6. The zero-order valence-corrected chi connectivity index (χ0v) is 16.1. The Kier molecular flexibility index (Phi) is 5.72. The Balaban J connectivity index is 1.75. The molecule has 2 aromatic rings. The van der Waals surface area contributed by atoms with Gasteiger partial charge in [-0.1, -0.05) is 44.2 Å². The van der Waals surface area contributed by atoms with Crippen LogP contribution in [-0.4, -0.2) is 34.1 Å². The molecule has 1 atom stereocenters. The lowest BCUT2D eigenvalue weighted by Gasteiger charge is -2.22. The zero-order chi connectivity index (χ0) is 21.1. The van der Waals surface area contributed by atoms with Gasteiger partial charge in [0.1, 0.15) is 6.54 Å².